The van der Waals surface area contributed by atoms with Gasteiger partial charge in [0.25, 0.3) is 5.91 Å². The number of thiazole rings is 1. The second-order valence-corrected chi connectivity index (χ2v) is 13.6. The van der Waals surface area contributed by atoms with E-state index in [-0.39, 0.29) is 24.1 Å². The lowest BCUT2D eigenvalue weighted by Gasteiger charge is -2.29. The van der Waals surface area contributed by atoms with Crippen LogP contribution in [0.15, 0.2) is 23.9 Å². The summed E-state index contributed by atoms with van der Waals surface area (Å²) < 4.78 is 33.5. The van der Waals surface area contributed by atoms with E-state index in [0.29, 0.717) is 35.4 Å². The van der Waals surface area contributed by atoms with Crippen molar-refractivity contribution in [2.75, 3.05) is 23.7 Å². The third kappa shape index (κ3) is 5.91. The zero-order chi connectivity index (χ0) is 24.7. The highest BCUT2D eigenvalue weighted by molar-refractivity contribution is 7.89. The quantitative estimate of drug-likeness (QED) is 0.596. The lowest BCUT2D eigenvalue weighted by Crippen LogP contribution is -2.39. The fourth-order valence-electron chi connectivity index (χ4n) is 3.47. The predicted octanol–water partition coefficient (Wildman–Crippen LogP) is 3.54. The molecule has 34 heavy (non-hydrogen) atoms. The Bertz CT molecular complexity index is 1250. The smallest absolute Gasteiger partial charge is 0.410 e. The Kier molecular flexibility index (Phi) is 6.96. The maximum Gasteiger partial charge on any atom is 0.410 e. The summed E-state index contributed by atoms with van der Waals surface area (Å²) >= 11 is 8.55. The molecule has 0 unspecified atom stereocenters. The molecule has 0 saturated heterocycles. The number of rotatable bonds is 6. The minimum Gasteiger partial charge on any atom is -0.444 e. The summed E-state index contributed by atoms with van der Waals surface area (Å²) in [4.78, 5) is 34.7. The number of anilines is 1. The molecule has 4 rings (SSSR count). The molecule has 0 saturated carbocycles. The first-order chi connectivity index (χ1) is 15.9. The number of fused-ring (bicyclic) bond motifs is 1. The van der Waals surface area contributed by atoms with Gasteiger partial charge in [0.05, 0.1) is 22.3 Å². The highest BCUT2D eigenvalue weighted by Gasteiger charge is 2.33. The van der Waals surface area contributed by atoms with Crippen molar-refractivity contribution in [1.82, 2.24) is 14.6 Å². The molecule has 2 aromatic heterocycles. The molecule has 0 spiro atoms. The van der Waals surface area contributed by atoms with E-state index in [1.807, 2.05) is 20.8 Å². The molecule has 0 aliphatic carbocycles. The number of sulfonamides is 1. The van der Waals surface area contributed by atoms with Gasteiger partial charge in [-0.3, -0.25) is 14.4 Å². The molecule has 1 N–H and O–H groups in total. The van der Waals surface area contributed by atoms with Crippen LogP contribution in [0.2, 0.25) is 4.34 Å². The first-order valence-corrected chi connectivity index (χ1v) is 14.3. The number of nitrogens with one attached hydrogen (secondary N) is 1. The number of halogens is 1. The normalized spacial score (nSPS) is 16.5. The van der Waals surface area contributed by atoms with Gasteiger partial charge in [-0.1, -0.05) is 22.9 Å². The van der Waals surface area contributed by atoms with Crippen LogP contribution in [0.1, 0.15) is 36.2 Å². The summed E-state index contributed by atoms with van der Waals surface area (Å²) in [5.74, 6) is -0.599. The molecule has 2 aliphatic rings. The van der Waals surface area contributed by atoms with E-state index in [1.165, 1.54) is 27.6 Å². The summed E-state index contributed by atoms with van der Waals surface area (Å²) in [7, 11) is -3.70. The van der Waals surface area contributed by atoms with Gasteiger partial charge in [0.1, 0.15) is 11.3 Å². The van der Waals surface area contributed by atoms with Crippen molar-refractivity contribution in [3.05, 3.63) is 43.7 Å². The van der Waals surface area contributed by atoms with Crippen LogP contribution in [0, 0.1) is 0 Å². The van der Waals surface area contributed by atoms with E-state index < -0.39 is 21.5 Å². The standard InChI is InChI=1S/C21H25ClN4O5S3/c1-21(2,3)31-20(28)25-9-6-14-16(12-25)33-19(23-14)26-10-7-15(18(26)27)24-34(29,30)11-8-13-4-5-17(22)32-13/h4-5,7,24H,6,8-12H2,1-3H3. The Morgan fingerprint density at radius 3 is 2.74 bits per heavy atom. The number of carbonyl (C=O) groups excluding carboxylic acids is 2. The average Bonchev–Trinajstić information content (AvgIpc) is 3.43. The van der Waals surface area contributed by atoms with Gasteiger partial charge in [0, 0.05) is 29.3 Å². The van der Waals surface area contributed by atoms with E-state index in [1.54, 1.807) is 23.1 Å². The van der Waals surface area contributed by atoms with Crippen molar-refractivity contribution >= 4 is 61.4 Å². The van der Waals surface area contributed by atoms with E-state index in [4.69, 9.17) is 16.3 Å². The predicted molar refractivity (Wildman–Crippen MR) is 133 cm³/mol. The van der Waals surface area contributed by atoms with Crippen LogP contribution in [-0.2, 0) is 38.9 Å². The molecular weight excluding hydrogens is 520 g/mol. The van der Waals surface area contributed by atoms with Gasteiger partial charge in [-0.05, 0) is 45.4 Å². The lowest BCUT2D eigenvalue weighted by molar-refractivity contribution is -0.114. The zero-order valence-corrected chi connectivity index (χ0v) is 22.2. The first kappa shape index (κ1) is 25.0. The van der Waals surface area contributed by atoms with Crippen LogP contribution < -0.4 is 9.62 Å². The van der Waals surface area contributed by atoms with Gasteiger partial charge in [0.15, 0.2) is 5.13 Å². The fourth-order valence-corrected chi connectivity index (χ4v) is 6.91. The lowest BCUT2D eigenvalue weighted by atomic mass is 10.2. The topological polar surface area (TPSA) is 109 Å². The van der Waals surface area contributed by atoms with Crippen LogP contribution in [-0.4, -0.2) is 54.7 Å². The number of ether oxygens (including phenoxy) is 1. The highest BCUT2D eigenvalue weighted by Crippen LogP contribution is 2.33. The highest BCUT2D eigenvalue weighted by atomic mass is 35.5. The second-order valence-electron chi connectivity index (χ2n) is 8.93. The number of aryl methyl sites for hydroxylation is 1. The molecule has 0 radical (unpaired) electrons. The third-order valence-corrected chi connectivity index (χ3v) is 8.74. The zero-order valence-electron chi connectivity index (χ0n) is 19.0. The number of carbonyl (C=O) groups is 2. The number of hydrogen-bond acceptors (Lipinski definition) is 8. The minimum atomic E-state index is -3.70. The molecule has 0 fully saturated rings. The molecule has 4 heterocycles. The maximum absolute atomic E-state index is 12.9. The third-order valence-electron chi connectivity index (χ3n) is 5.07. The summed E-state index contributed by atoms with van der Waals surface area (Å²) in [6, 6.07) is 3.52. The van der Waals surface area contributed by atoms with Crippen LogP contribution in [0.25, 0.3) is 0 Å². The Hall–Kier alpha value is -2.15. The average molecular weight is 545 g/mol. The molecular formula is C21H25ClN4O5S3. The van der Waals surface area contributed by atoms with Crippen LogP contribution in [0.3, 0.4) is 0 Å². The molecule has 2 aliphatic heterocycles. The Labute approximate surface area is 211 Å². The van der Waals surface area contributed by atoms with Gasteiger partial charge < -0.3 is 9.64 Å². The molecule has 0 aromatic carbocycles. The summed E-state index contributed by atoms with van der Waals surface area (Å²) in [5, 5.41) is 0.486. The number of aromatic nitrogens is 1. The molecule has 184 valence electrons. The maximum atomic E-state index is 12.9. The van der Waals surface area contributed by atoms with E-state index in [2.05, 4.69) is 9.71 Å². The van der Waals surface area contributed by atoms with E-state index in [9.17, 15) is 18.0 Å². The van der Waals surface area contributed by atoms with Crippen molar-refractivity contribution < 1.29 is 22.7 Å². The summed E-state index contributed by atoms with van der Waals surface area (Å²) in [6.07, 6.45) is 2.04. The fraction of sp³-hybridized carbons (Fsp3) is 0.476. The summed E-state index contributed by atoms with van der Waals surface area (Å²) in [5.41, 5.74) is 0.286. The Balaban J connectivity index is 1.37. The molecule has 9 nitrogen and oxygen atoms in total. The largest absolute Gasteiger partial charge is 0.444 e. The van der Waals surface area contributed by atoms with Crippen molar-refractivity contribution in [2.45, 2.75) is 45.8 Å². The molecule has 0 bridgehead atoms. The van der Waals surface area contributed by atoms with Crippen LogP contribution in [0.5, 0.6) is 0 Å². The van der Waals surface area contributed by atoms with Crippen molar-refractivity contribution in [3.63, 3.8) is 0 Å². The Morgan fingerprint density at radius 1 is 1.29 bits per heavy atom. The van der Waals surface area contributed by atoms with Crippen LogP contribution >= 0.6 is 34.3 Å². The Morgan fingerprint density at radius 2 is 2.06 bits per heavy atom. The minimum absolute atomic E-state index is 0.0211. The van der Waals surface area contributed by atoms with Gasteiger partial charge in [-0.2, -0.15) is 0 Å². The number of thiophene rings is 1. The van der Waals surface area contributed by atoms with Gasteiger partial charge in [-0.15, -0.1) is 11.3 Å². The van der Waals surface area contributed by atoms with Gasteiger partial charge in [0.2, 0.25) is 10.0 Å². The molecule has 13 heteroatoms. The monoisotopic (exact) mass is 544 g/mol. The SMILES string of the molecule is CC(C)(C)OC(=O)N1CCc2nc(N3CC=C(NS(=O)(=O)CCc4ccc(Cl)s4)C3=O)sc2C1. The number of amides is 2. The second kappa shape index (κ2) is 9.48. The van der Waals surface area contributed by atoms with Crippen molar-refractivity contribution in [2.24, 2.45) is 0 Å². The van der Waals surface area contributed by atoms with E-state index >= 15 is 0 Å². The molecule has 0 atom stereocenters. The van der Waals surface area contributed by atoms with Gasteiger partial charge in [-0.25, -0.2) is 18.2 Å². The van der Waals surface area contributed by atoms with Crippen molar-refractivity contribution in [3.8, 4) is 0 Å². The van der Waals surface area contributed by atoms with Crippen molar-refractivity contribution in [1.29, 1.82) is 0 Å². The van der Waals surface area contributed by atoms with Gasteiger partial charge >= 0.3 is 6.09 Å². The first-order valence-electron chi connectivity index (χ1n) is 10.6. The molecule has 2 amide bonds. The number of nitrogens with zero attached hydrogens (tertiary/aromatic N) is 3. The number of hydrogen-bond donors (Lipinski definition) is 1. The summed E-state index contributed by atoms with van der Waals surface area (Å²) in [6.45, 7) is 6.53. The van der Waals surface area contributed by atoms with E-state index in [0.717, 1.165) is 15.4 Å². The van der Waals surface area contributed by atoms with Crippen LogP contribution in [0.4, 0.5) is 9.93 Å². The molecule has 2 aromatic rings.